The Morgan fingerprint density at radius 2 is 1.94 bits per heavy atom. The summed E-state index contributed by atoms with van der Waals surface area (Å²) in [6.07, 6.45) is 0. The smallest absolute Gasteiger partial charge is 0.123 e. The molecule has 0 radical (unpaired) electrons. The number of methoxy groups -OCH3 is 2. The van der Waals surface area contributed by atoms with Gasteiger partial charge >= 0.3 is 0 Å². The molecule has 18 heavy (non-hydrogen) atoms. The van der Waals surface area contributed by atoms with Crippen LogP contribution in [0, 0.1) is 0 Å². The molecule has 0 saturated carbocycles. The fourth-order valence-electron chi connectivity index (χ4n) is 1.85. The molecule has 0 aliphatic carbocycles. The van der Waals surface area contributed by atoms with Crippen molar-refractivity contribution in [2.24, 2.45) is 0 Å². The second kappa shape index (κ2) is 7.95. The van der Waals surface area contributed by atoms with Crippen LogP contribution in [0.25, 0.3) is 0 Å². The average Bonchev–Trinajstić information content (AvgIpc) is 2.42. The fourth-order valence-corrected chi connectivity index (χ4v) is 1.85. The lowest BCUT2D eigenvalue weighted by Gasteiger charge is -2.21. The van der Waals surface area contributed by atoms with Crippen LogP contribution in [-0.2, 0) is 4.74 Å². The number of benzene rings is 1. The Hall–Kier alpha value is -1.26. The molecule has 4 nitrogen and oxygen atoms in total. The summed E-state index contributed by atoms with van der Waals surface area (Å²) in [5.41, 5.74) is 1.06. The second-order valence-corrected chi connectivity index (χ2v) is 3.88. The molecule has 1 unspecified atom stereocenters. The SMILES string of the molecule is CCNC(COCC)c1cc(OC)ccc1OC. The fraction of sp³-hybridized carbons (Fsp3) is 0.571. The van der Waals surface area contributed by atoms with Gasteiger partial charge in [0.1, 0.15) is 11.5 Å². The van der Waals surface area contributed by atoms with E-state index in [-0.39, 0.29) is 6.04 Å². The van der Waals surface area contributed by atoms with Gasteiger partial charge in [0.2, 0.25) is 0 Å². The zero-order valence-electron chi connectivity index (χ0n) is 11.7. The van der Waals surface area contributed by atoms with E-state index < -0.39 is 0 Å². The molecule has 1 atom stereocenters. The van der Waals surface area contributed by atoms with Crippen molar-refractivity contribution >= 4 is 0 Å². The number of rotatable bonds is 8. The maximum Gasteiger partial charge on any atom is 0.123 e. The Morgan fingerprint density at radius 1 is 1.17 bits per heavy atom. The van der Waals surface area contributed by atoms with Crippen LogP contribution in [0.3, 0.4) is 0 Å². The number of ether oxygens (including phenoxy) is 3. The van der Waals surface area contributed by atoms with Gasteiger partial charge in [0, 0.05) is 12.2 Å². The highest BCUT2D eigenvalue weighted by Crippen LogP contribution is 2.29. The first-order valence-corrected chi connectivity index (χ1v) is 6.29. The van der Waals surface area contributed by atoms with Crippen molar-refractivity contribution < 1.29 is 14.2 Å². The summed E-state index contributed by atoms with van der Waals surface area (Å²) in [7, 11) is 3.34. The molecule has 0 heterocycles. The molecule has 4 heteroatoms. The molecule has 0 aromatic heterocycles. The highest BCUT2D eigenvalue weighted by molar-refractivity contribution is 5.42. The van der Waals surface area contributed by atoms with Gasteiger partial charge < -0.3 is 19.5 Å². The maximum atomic E-state index is 5.52. The van der Waals surface area contributed by atoms with Gasteiger partial charge in [-0.15, -0.1) is 0 Å². The number of hydrogen-bond acceptors (Lipinski definition) is 4. The van der Waals surface area contributed by atoms with Crippen molar-refractivity contribution in [3.63, 3.8) is 0 Å². The van der Waals surface area contributed by atoms with Crippen LogP contribution in [0.1, 0.15) is 25.5 Å². The third kappa shape index (κ3) is 3.89. The highest BCUT2D eigenvalue weighted by atomic mass is 16.5. The molecule has 0 amide bonds. The van der Waals surface area contributed by atoms with Gasteiger partial charge in [0.05, 0.1) is 26.9 Å². The molecule has 1 rings (SSSR count). The van der Waals surface area contributed by atoms with E-state index in [1.165, 1.54) is 0 Å². The molecule has 102 valence electrons. The van der Waals surface area contributed by atoms with Gasteiger partial charge in [-0.3, -0.25) is 0 Å². The summed E-state index contributed by atoms with van der Waals surface area (Å²) in [6, 6.07) is 5.92. The van der Waals surface area contributed by atoms with Crippen LogP contribution in [0.5, 0.6) is 11.5 Å². The van der Waals surface area contributed by atoms with Crippen LogP contribution in [0.15, 0.2) is 18.2 Å². The van der Waals surface area contributed by atoms with Gasteiger partial charge in [0.15, 0.2) is 0 Å². The van der Waals surface area contributed by atoms with E-state index in [4.69, 9.17) is 14.2 Å². The Bertz CT molecular complexity index is 355. The summed E-state index contributed by atoms with van der Waals surface area (Å²) in [5, 5.41) is 3.40. The molecule has 1 aromatic rings. The van der Waals surface area contributed by atoms with Gasteiger partial charge in [-0.05, 0) is 31.7 Å². The van der Waals surface area contributed by atoms with Crippen LogP contribution in [0.4, 0.5) is 0 Å². The Labute approximate surface area is 109 Å². The topological polar surface area (TPSA) is 39.7 Å². The zero-order valence-corrected chi connectivity index (χ0v) is 11.7. The second-order valence-electron chi connectivity index (χ2n) is 3.88. The van der Waals surface area contributed by atoms with E-state index in [0.717, 1.165) is 23.6 Å². The summed E-state index contributed by atoms with van der Waals surface area (Å²) in [4.78, 5) is 0. The molecular weight excluding hydrogens is 230 g/mol. The van der Waals surface area contributed by atoms with E-state index in [9.17, 15) is 0 Å². The minimum atomic E-state index is 0.111. The van der Waals surface area contributed by atoms with Gasteiger partial charge in [-0.2, -0.15) is 0 Å². The lowest BCUT2D eigenvalue weighted by atomic mass is 10.1. The Balaban J connectivity index is 2.98. The quantitative estimate of drug-likeness (QED) is 0.772. The molecule has 1 N–H and O–H groups in total. The van der Waals surface area contributed by atoms with E-state index in [1.54, 1.807) is 14.2 Å². The van der Waals surface area contributed by atoms with E-state index in [0.29, 0.717) is 13.2 Å². The third-order valence-electron chi connectivity index (χ3n) is 2.75. The standard InChI is InChI=1S/C14H23NO3/c1-5-15-13(10-18-6-2)12-9-11(16-3)7-8-14(12)17-4/h7-9,13,15H,5-6,10H2,1-4H3. The molecule has 0 fully saturated rings. The first-order chi connectivity index (χ1) is 8.76. The highest BCUT2D eigenvalue weighted by Gasteiger charge is 2.16. The van der Waals surface area contributed by atoms with Gasteiger partial charge in [0.25, 0.3) is 0 Å². The van der Waals surface area contributed by atoms with Crippen molar-refractivity contribution in [2.75, 3.05) is 34.0 Å². The summed E-state index contributed by atoms with van der Waals surface area (Å²) in [5.74, 6) is 1.67. The van der Waals surface area contributed by atoms with E-state index in [2.05, 4.69) is 12.2 Å². The zero-order chi connectivity index (χ0) is 13.4. The molecule has 0 aliphatic rings. The molecule has 0 aliphatic heterocycles. The summed E-state index contributed by atoms with van der Waals surface area (Å²) >= 11 is 0. The summed E-state index contributed by atoms with van der Waals surface area (Å²) < 4.78 is 16.2. The number of likely N-dealkylation sites (N-methyl/N-ethyl adjacent to an activating group) is 1. The summed E-state index contributed by atoms with van der Waals surface area (Å²) in [6.45, 7) is 6.26. The predicted molar refractivity (Wildman–Crippen MR) is 72.5 cm³/mol. The number of nitrogens with one attached hydrogen (secondary N) is 1. The average molecular weight is 253 g/mol. The van der Waals surface area contributed by atoms with Crippen molar-refractivity contribution in [3.05, 3.63) is 23.8 Å². The minimum absolute atomic E-state index is 0.111. The lowest BCUT2D eigenvalue weighted by Crippen LogP contribution is -2.26. The molecule has 0 bridgehead atoms. The molecule has 0 spiro atoms. The first-order valence-electron chi connectivity index (χ1n) is 6.29. The first kappa shape index (κ1) is 14.8. The monoisotopic (exact) mass is 253 g/mol. The molecule has 1 aromatic carbocycles. The van der Waals surface area contributed by atoms with Gasteiger partial charge in [-0.1, -0.05) is 6.92 Å². The largest absolute Gasteiger partial charge is 0.497 e. The minimum Gasteiger partial charge on any atom is -0.497 e. The van der Waals surface area contributed by atoms with Gasteiger partial charge in [-0.25, -0.2) is 0 Å². The van der Waals surface area contributed by atoms with Crippen LogP contribution < -0.4 is 14.8 Å². The van der Waals surface area contributed by atoms with Crippen molar-refractivity contribution in [1.29, 1.82) is 0 Å². The van der Waals surface area contributed by atoms with Crippen LogP contribution in [-0.4, -0.2) is 34.0 Å². The van der Waals surface area contributed by atoms with Crippen molar-refractivity contribution in [1.82, 2.24) is 5.32 Å². The number of hydrogen-bond donors (Lipinski definition) is 1. The van der Waals surface area contributed by atoms with Crippen LogP contribution in [0.2, 0.25) is 0 Å². The predicted octanol–water partition coefficient (Wildman–Crippen LogP) is 2.39. The molecule has 0 saturated heterocycles. The maximum absolute atomic E-state index is 5.52. The Morgan fingerprint density at radius 3 is 2.50 bits per heavy atom. The lowest BCUT2D eigenvalue weighted by molar-refractivity contribution is 0.122. The van der Waals surface area contributed by atoms with Crippen molar-refractivity contribution in [3.8, 4) is 11.5 Å². The Kier molecular flexibility index (Phi) is 6.54. The normalized spacial score (nSPS) is 12.2. The van der Waals surface area contributed by atoms with E-state index >= 15 is 0 Å². The van der Waals surface area contributed by atoms with Crippen LogP contribution >= 0.6 is 0 Å². The third-order valence-corrected chi connectivity index (χ3v) is 2.75. The molecular formula is C14H23NO3. The van der Waals surface area contributed by atoms with Crippen molar-refractivity contribution in [2.45, 2.75) is 19.9 Å². The van der Waals surface area contributed by atoms with E-state index in [1.807, 2.05) is 25.1 Å².